The summed E-state index contributed by atoms with van der Waals surface area (Å²) in [5.74, 6) is -0.517. The number of hydrogen-bond donors (Lipinski definition) is 2. The van der Waals surface area contributed by atoms with Crippen molar-refractivity contribution in [1.82, 2.24) is 5.32 Å². The summed E-state index contributed by atoms with van der Waals surface area (Å²) in [6.45, 7) is 16.9. The molecule has 0 saturated carbocycles. The van der Waals surface area contributed by atoms with Crippen LogP contribution in [0.25, 0.3) is 0 Å². The summed E-state index contributed by atoms with van der Waals surface area (Å²) in [4.78, 5) is 24.3. The predicted octanol–water partition coefficient (Wildman–Crippen LogP) is 5.70. The molecule has 2 rings (SSSR count). The molecule has 7 nitrogen and oxygen atoms in total. The van der Waals surface area contributed by atoms with Gasteiger partial charge in [0.05, 0.1) is 24.5 Å². The molecule has 0 aliphatic carbocycles. The van der Waals surface area contributed by atoms with Crippen molar-refractivity contribution in [3.8, 4) is 0 Å². The standard InChI is InChI=1S/C20H30N2O5.2C2H6/c1-6-26-14-9-10-21-16(12-14)13-7-8-15(18(23)25-5)17(11-13)22-19(24)27-20(2,3)4;2*1-2/h7-8,11,14,16,21H,6,9-10,12H2,1-5H3,(H,22,24);2*1-2H3. The Balaban J connectivity index is 0.00000212. The number of hydrogen-bond acceptors (Lipinski definition) is 6. The minimum absolute atomic E-state index is 0.0844. The van der Waals surface area contributed by atoms with E-state index in [1.165, 1.54) is 7.11 Å². The van der Waals surface area contributed by atoms with Gasteiger partial charge in [-0.2, -0.15) is 0 Å². The molecule has 0 aromatic heterocycles. The van der Waals surface area contributed by atoms with E-state index < -0.39 is 17.7 Å². The van der Waals surface area contributed by atoms with E-state index >= 15 is 0 Å². The van der Waals surface area contributed by atoms with E-state index in [4.69, 9.17) is 14.2 Å². The number of esters is 1. The first-order valence-electron chi connectivity index (χ1n) is 11.3. The molecule has 0 radical (unpaired) electrons. The number of benzene rings is 1. The number of piperidine rings is 1. The van der Waals surface area contributed by atoms with Crippen LogP contribution < -0.4 is 10.6 Å². The molecule has 178 valence electrons. The quantitative estimate of drug-likeness (QED) is 0.573. The van der Waals surface area contributed by atoms with Crippen LogP contribution in [0.5, 0.6) is 0 Å². The molecule has 2 N–H and O–H groups in total. The van der Waals surface area contributed by atoms with Crippen molar-refractivity contribution < 1.29 is 23.8 Å². The topological polar surface area (TPSA) is 85.9 Å². The lowest BCUT2D eigenvalue weighted by Crippen LogP contribution is -2.35. The highest BCUT2D eigenvalue weighted by molar-refractivity contribution is 5.99. The van der Waals surface area contributed by atoms with E-state index in [2.05, 4.69) is 10.6 Å². The Bertz CT molecular complexity index is 668. The lowest BCUT2D eigenvalue weighted by atomic mass is 9.94. The second-order valence-corrected chi connectivity index (χ2v) is 7.53. The smallest absolute Gasteiger partial charge is 0.412 e. The molecule has 1 aliphatic heterocycles. The van der Waals surface area contributed by atoms with E-state index in [1.807, 2.05) is 40.7 Å². The third-order valence-electron chi connectivity index (χ3n) is 4.24. The number of amides is 1. The average Bonchev–Trinajstić information content (AvgIpc) is 2.75. The van der Waals surface area contributed by atoms with E-state index in [0.29, 0.717) is 12.3 Å². The van der Waals surface area contributed by atoms with Crippen molar-refractivity contribution in [2.75, 3.05) is 25.6 Å². The molecular weight excluding hydrogens is 396 g/mol. The molecule has 2 unspecified atom stereocenters. The van der Waals surface area contributed by atoms with Gasteiger partial charge in [0.15, 0.2) is 0 Å². The molecule has 1 heterocycles. The highest BCUT2D eigenvalue weighted by Gasteiger charge is 2.25. The monoisotopic (exact) mass is 438 g/mol. The van der Waals surface area contributed by atoms with Crippen molar-refractivity contribution in [2.24, 2.45) is 0 Å². The number of rotatable bonds is 5. The zero-order valence-corrected chi connectivity index (χ0v) is 20.8. The van der Waals surface area contributed by atoms with E-state index in [-0.39, 0.29) is 17.7 Å². The van der Waals surface area contributed by atoms with Gasteiger partial charge in [0.2, 0.25) is 0 Å². The van der Waals surface area contributed by atoms with Gasteiger partial charge in [0.25, 0.3) is 0 Å². The summed E-state index contributed by atoms with van der Waals surface area (Å²) in [7, 11) is 1.31. The van der Waals surface area contributed by atoms with Crippen LogP contribution in [-0.4, -0.2) is 44.0 Å². The zero-order chi connectivity index (χ0) is 24.0. The second-order valence-electron chi connectivity index (χ2n) is 7.53. The summed E-state index contributed by atoms with van der Waals surface area (Å²) in [6, 6.07) is 5.42. The Kier molecular flexibility index (Phi) is 13.8. The van der Waals surface area contributed by atoms with Crippen LogP contribution in [0.1, 0.15) is 90.2 Å². The molecule has 31 heavy (non-hydrogen) atoms. The molecule has 1 amide bonds. The number of carbonyl (C=O) groups excluding carboxylic acids is 2. The van der Waals surface area contributed by atoms with E-state index in [0.717, 1.165) is 24.9 Å². The molecule has 7 heteroatoms. The van der Waals surface area contributed by atoms with Crippen LogP contribution in [0.3, 0.4) is 0 Å². The van der Waals surface area contributed by atoms with Gasteiger partial charge in [-0.3, -0.25) is 5.32 Å². The van der Waals surface area contributed by atoms with Gasteiger partial charge < -0.3 is 19.5 Å². The molecule has 1 saturated heterocycles. The van der Waals surface area contributed by atoms with Crippen LogP contribution in [-0.2, 0) is 14.2 Å². The molecule has 1 fully saturated rings. The van der Waals surface area contributed by atoms with Crippen molar-refractivity contribution in [1.29, 1.82) is 0 Å². The lowest BCUT2D eigenvalue weighted by molar-refractivity contribution is 0.0297. The fourth-order valence-electron chi connectivity index (χ4n) is 3.11. The van der Waals surface area contributed by atoms with Gasteiger partial charge in [-0.1, -0.05) is 33.8 Å². The Morgan fingerprint density at radius 1 is 1.16 bits per heavy atom. The first-order chi connectivity index (χ1) is 14.7. The van der Waals surface area contributed by atoms with E-state index in [9.17, 15) is 9.59 Å². The maximum Gasteiger partial charge on any atom is 0.412 e. The van der Waals surface area contributed by atoms with Crippen molar-refractivity contribution in [2.45, 2.75) is 86.0 Å². The number of carbonyl (C=O) groups is 2. The molecule has 1 aromatic rings. The van der Waals surface area contributed by atoms with Gasteiger partial charge in [-0.25, -0.2) is 9.59 Å². The van der Waals surface area contributed by atoms with Gasteiger partial charge in [0, 0.05) is 12.6 Å². The molecule has 1 aliphatic rings. The van der Waals surface area contributed by atoms with Crippen LogP contribution in [0, 0.1) is 0 Å². The summed E-state index contributed by atoms with van der Waals surface area (Å²) < 4.78 is 15.9. The lowest BCUT2D eigenvalue weighted by Gasteiger charge is -2.31. The number of anilines is 1. The molecule has 0 bridgehead atoms. The highest BCUT2D eigenvalue weighted by Crippen LogP contribution is 2.29. The van der Waals surface area contributed by atoms with E-state index in [1.54, 1.807) is 32.9 Å². The Labute approximate surface area is 188 Å². The normalized spacial score (nSPS) is 17.8. The number of methoxy groups -OCH3 is 1. The molecule has 0 spiro atoms. The average molecular weight is 439 g/mol. The van der Waals surface area contributed by atoms with Gasteiger partial charge in [-0.15, -0.1) is 0 Å². The molecule has 1 aromatic carbocycles. The summed E-state index contributed by atoms with van der Waals surface area (Å²) in [5, 5.41) is 6.14. The Hall–Kier alpha value is -2.12. The second kappa shape index (κ2) is 14.8. The van der Waals surface area contributed by atoms with Crippen LogP contribution in [0.15, 0.2) is 18.2 Å². The zero-order valence-electron chi connectivity index (χ0n) is 20.8. The fourth-order valence-corrected chi connectivity index (χ4v) is 3.11. The van der Waals surface area contributed by atoms with Crippen molar-refractivity contribution in [3.63, 3.8) is 0 Å². The van der Waals surface area contributed by atoms with Gasteiger partial charge in [0.1, 0.15) is 5.60 Å². The fraction of sp³-hybridized carbons (Fsp3) is 0.667. The minimum Gasteiger partial charge on any atom is -0.465 e. The van der Waals surface area contributed by atoms with Gasteiger partial charge in [-0.05, 0) is 64.8 Å². The SMILES string of the molecule is CC.CC.CCOC1CCNC(c2ccc(C(=O)OC)c(NC(=O)OC(C)(C)C)c2)C1. The highest BCUT2D eigenvalue weighted by atomic mass is 16.6. The first-order valence-corrected chi connectivity index (χ1v) is 11.3. The number of nitrogens with one attached hydrogen (secondary N) is 2. The minimum atomic E-state index is -0.636. The first kappa shape index (κ1) is 28.9. The van der Waals surface area contributed by atoms with Crippen molar-refractivity contribution >= 4 is 17.7 Å². The molecule has 2 atom stereocenters. The Morgan fingerprint density at radius 3 is 2.35 bits per heavy atom. The predicted molar refractivity (Wildman–Crippen MR) is 126 cm³/mol. The summed E-state index contributed by atoms with van der Waals surface area (Å²) >= 11 is 0. The third-order valence-corrected chi connectivity index (χ3v) is 4.24. The van der Waals surface area contributed by atoms with Crippen LogP contribution in [0.4, 0.5) is 10.5 Å². The number of ether oxygens (including phenoxy) is 3. The molecular formula is C24H42N2O5. The largest absolute Gasteiger partial charge is 0.465 e. The van der Waals surface area contributed by atoms with Crippen LogP contribution in [0.2, 0.25) is 0 Å². The summed E-state index contributed by atoms with van der Waals surface area (Å²) in [6.07, 6.45) is 1.38. The van der Waals surface area contributed by atoms with Crippen LogP contribution >= 0.6 is 0 Å². The summed E-state index contributed by atoms with van der Waals surface area (Å²) in [5.41, 5.74) is 0.985. The third kappa shape index (κ3) is 10.2. The van der Waals surface area contributed by atoms with Gasteiger partial charge >= 0.3 is 12.1 Å². The van der Waals surface area contributed by atoms with Crippen molar-refractivity contribution in [3.05, 3.63) is 29.3 Å². The maximum absolute atomic E-state index is 12.2. The Morgan fingerprint density at radius 2 is 1.81 bits per heavy atom. The maximum atomic E-state index is 12.2.